The maximum Gasteiger partial charge on any atom is 0.234 e. The number of ether oxygens (including phenoxy) is 1. The number of rotatable bonds is 8. The Labute approximate surface area is 179 Å². The minimum Gasteiger partial charge on any atom is -0.496 e. The van der Waals surface area contributed by atoms with Crippen molar-refractivity contribution < 1.29 is 14.3 Å². The van der Waals surface area contributed by atoms with Crippen molar-refractivity contribution in [3.8, 4) is 17.1 Å². The third kappa shape index (κ3) is 5.18. The van der Waals surface area contributed by atoms with Crippen molar-refractivity contribution in [1.29, 1.82) is 0 Å². The molecule has 0 bridgehead atoms. The van der Waals surface area contributed by atoms with Gasteiger partial charge in [0.1, 0.15) is 5.75 Å². The molecule has 0 aliphatic rings. The van der Waals surface area contributed by atoms with Crippen molar-refractivity contribution in [2.45, 2.75) is 25.5 Å². The van der Waals surface area contributed by atoms with E-state index < -0.39 is 0 Å². The van der Waals surface area contributed by atoms with E-state index in [1.54, 1.807) is 31.4 Å². The number of nitrogens with one attached hydrogen (secondary N) is 2. The topological polar surface area (TPSA) is 98.1 Å². The summed E-state index contributed by atoms with van der Waals surface area (Å²) in [5.74, 6) is 1.31. The van der Waals surface area contributed by atoms with E-state index in [1.807, 2.05) is 35.8 Å². The van der Waals surface area contributed by atoms with E-state index in [-0.39, 0.29) is 17.6 Å². The second-order valence-electron chi connectivity index (χ2n) is 6.35. The summed E-state index contributed by atoms with van der Waals surface area (Å²) in [6.45, 7) is 4.11. The lowest BCUT2D eigenvalue weighted by Crippen LogP contribution is -2.14. The van der Waals surface area contributed by atoms with Crippen LogP contribution in [0.1, 0.15) is 13.8 Å². The van der Waals surface area contributed by atoms with Gasteiger partial charge in [-0.25, -0.2) is 0 Å². The molecule has 8 nitrogen and oxygen atoms in total. The number of benzene rings is 2. The van der Waals surface area contributed by atoms with Gasteiger partial charge in [-0.2, -0.15) is 0 Å². The van der Waals surface area contributed by atoms with Gasteiger partial charge < -0.3 is 19.9 Å². The standard InChI is InChI=1S/C21H23N5O3S/c1-4-26-20(17-7-5-6-8-18(17)29-3)24-25-21(26)30-13-19(28)23-16-11-9-15(10-12-16)22-14(2)27/h5-12H,4,13H2,1-3H3,(H,22,27)(H,23,28). The maximum atomic E-state index is 12.3. The normalized spacial score (nSPS) is 10.5. The van der Waals surface area contributed by atoms with E-state index in [0.717, 1.165) is 11.3 Å². The number of aromatic nitrogens is 3. The smallest absolute Gasteiger partial charge is 0.234 e. The Hall–Kier alpha value is -3.33. The van der Waals surface area contributed by atoms with E-state index in [9.17, 15) is 9.59 Å². The summed E-state index contributed by atoms with van der Waals surface area (Å²) >= 11 is 1.32. The predicted octanol–water partition coefficient (Wildman–Crippen LogP) is 3.66. The Balaban J connectivity index is 1.65. The van der Waals surface area contributed by atoms with Crippen molar-refractivity contribution >= 4 is 35.0 Å². The van der Waals surface area contributed by atoms with Crippen LogP contribution < -0.4 is 15.4 Å². The van der Waals surface area contributed by atoms with Gasteiger partial charge in [-0.15, -0.1) is 10.2 Å². The van der Waals surface area contributed by atoms with E-state index in [0.29, 0.717) is 28.9 Å². The van der Waals surface area contributed by atoms with Gasteiger partial charge >= 0.3 is 0 Å². The van der Waals surface area contributed by atoms with Crippen molar-refractivity contribution in [2.24, 2.45) is 0 Å². The van der Waals surface area contributed by atoms with Gasteiger partial charge in [0.2, 0.25) is 11.8 Å². The fourth-order valence-electron chi connectivity index (χ4n) is 2.88. The highest BCUT2D eigenvalue weighted by molar-refractivity contribution is 7.99. The summed E-state index contributed by atoms with van der Waals surface area (Å²) in [6, 6.07) is 14.6. The van der Waals surface area contributed by atoms with Crippen LogP contribution in [0.2, 0.25) is 0 Å². The first-order valence-electron chi connectivity index (χ1n) is 9.38. The molecule has 0 saturated carbocycles. The number of hydrogen-bond donors (Lipinski definition) is 2. The molecule has 1 heterocycles. The molecule has 30 heavy (non-hydrogen) atoms. The van der Waals surface area contributed by atoms with Crippen molar-refractivity contribution in [3.05, 3.63) is 48.5 Å². The Kier molecular flexibility index (Phi) is 7.08. The SMILES string of the molecule is CCn1c(SCC(=O)Nc2ccc(NC(C)=O)cc2)nnc1-c1ccccc1OC. The third-order valence-electron chi connectivity index (χ3n) is 4.20. The summed E-state index contributed by atoms with van der Waals surface area (Å²) in [5, 5.41) is 14.7. The number of nitrogens with zero attached hydrogens (tertiary/aromatic N) is 3. The van der Waals surface area contributed by atoms with Crippen molar-refractivity contribution in [1.82, 2.24) is 14.8 Å². The molecule has 0 aliphatic carbocycles. The highest BCUT2D eigenvalue weighted by Gasteiger charge is 2.17. The van der Waals surface area contributed by atoms with Crippen LogP contribution >= 0.6 is 11.8 Å². The molecular weight excluding hydrogens is 402 g/mol. The van der Waals surface area contributed by atoms with Crippen LogP contribution in [0.25, 0.3) is 11.4 Å². The second kappa shape index (κ2) is 9.93. The van der Waals surface area contributed by atoms with E-state index in [1.165, 1.54) is 18.7 Å². The fourth-order valence-corrected chi connectivity index (χ4v) is 3.68. The molecule has 0 spiro atoms. The zero-order valence-corrected chi connectivity index (χ0v) is 17.8. The minimum absolute atomic E-state index is 0.143. The lowest BCUT2D eigenvalue weighted by Gasteiger charge is -2.10. The molecule has 0 atom stereocenters. The Morgan fingerprint density at radius 1 is 1.03 bits per heavy atom. The number of hydrogen-bond acceptors (Lipinski definition) is 6. The molecule has 0 aliphatic heterocycles. The van der Waals surface area contributed by atoms with Crippen LogP contribution in [0, 0.1) is 0 Å². The number of anilines is 2. The first-order chi connectivity index (χ1) is 14.5. The first kappa shape index (κ1) is 21.4. The summed E-state index contributed by atoms with van der Waals surface area (Å²) < 4.78 is 7.38. The number of thioether (sulfide) groups is 1. The van der Waals surface area contributed by atoms with Crippen LogP contribution in [-0.2, 0) is 16.1 Å². The lowest BCUT2D eigenvalue weighted by molar-refractivity contribution is -0.114. The van der Waals surface area contributed by atoms with Crippen LogP contribution in [0.3, 0.4) is 0 Å². The van der Waals surface area contributed by atoms with E-state index in [4.69, 9.17) is 4.74 Å². The Morgan fingerprint density at radius 2 is 1.70 bits per heavy atom. The molecule has 156 valence electrons. The first-order valence-corrected chi connectivity index (χ1v) is 10.4. The molecule has 9 heteroatoms. The average Bonchev–Trinajstić information content (AvgIpc) is 3.16. The largest absolute Gasteiger partial charge is 0.496 e. The number of carbonyl (C=O) groups excluding carboxylic acids is 2. The fraction of sp³-hybridized carbons (Fsp3) is 0.238. The highest BCUT2D eigenvalue weighted by Crippen LogP contribution is 2.30. The molecule has 2 aromatic carbocycles. The van der Waals surface area contributed by atoms with E-state index in [2.05, 4.69) is 20.8 Å². The van der Waals surface area contributed by atoms with Crippen LogP contribution in [0.5, 0.6) is 5.75 Å². The second-order valence-corrected chi connectivity index (χ2v) is 7.29. The molecule has 0 radical (unpaired) electrons. The van der Waals surface area contributed by atoms with Crippen molar-refractivity contribution in [2.75, 3.05) is 23.5 Å². The molecule has 2 amide bonds. The highest BCUT2D eigenvalue weighted by atomic mass is 32.2. The van der Waals surface area contributed by atoms with Gasteiger partial charge in [0, 0.05) is 24.8 Å². The van der Waals surface area contributed by atoms with Gasteiger partial charge in [0.15, 0.2) is 11.0 Å². The minimum atomic E-state index is -0.156. The molecular formula is C21H23N5O3S. The van der Waals surface area contributed by atoms with Gasteiger partial charge in [-0.1, -0.05) is 23.9 Å². The van der Waals surface area contributed by atoms with Crippen LogP contribution in [-0.4, -0.2) is 39.4 Å². The Morgan fingerprint density at radius 3 is 2.33 bits per heavy atom. The molecule has 0 saturated heterocycles. The molecule has 3 aromatic rings. The van der Waals surface area contributed by atoms with E-state index >= 15 is 0 Å². The summed E-state index contributed by atoms with van der Waals surface area (Å²) in [6.07, 6.45) is 0. The zero-order valence-electron chi connectivity index (χ0n) is 17.0. The quantitative estimate of drug-likeness (QED) is 0.535. The summed E-state index contributed by atoms with van der Waals surface area (Å²) in [5.41, 5.74) is 2.18. The molecule has 1 aromatic heterocycles. The molecule has 0 fully saturated rings. The van der Waals surface area contributed by atoms with Crippen LogP contribution in [0.4, 0.5) is 11.4 Å². The van der Waals surface area contributed by atoms with Gasteiger partial charge in [0.05, 0.1) is 18.4 Å². The molecule has 2 N–H and O–H groups in total. The number of carbonyl (C=O) groups is 2. The van der Waals surface area contributed by atoms with Crippen LogP contribution in [0.15, 0.2) is 53.7 Å². The Bertz CT molecular complexity index is 1030. The monoisotopic (exact) mass is 425 g/mol. The van der Waals surface area contributed by atoms with Gasteiger partial charge in [-0.3, -0.25) is 9.59 Å². The summed E-state index contributed by atoms with van der Waals surface area (Å²) in [7, 11) is 1.62. The van der Waals surface area contributed by atoms with Gasteiger partial charge in [0.25, 0.3) is 0 Å². The summed E-state index contributed by atoms with van der Waals surface area (Å²) in [4.78, 5) is 23.4. The zero-order chi connectivity index (χ0) is 21.5. The van der Waals surface area contributed by atoms with Gasteiger partial charge in [-0.05, 0) is 43.3 Å². The number of para-hydroxylation sites is 1. The number of methoxy groups -OCH3 is 1. The van der Waals surface area contributed by atoms with Crippen molar-refractivity contribution in [3.63, 3.8) is 0 Å². The maximum absolute atomic E-state index is 12.3. The molecule has 3 rings (SSSR count). The predicted molar refractivity (Wildman–Crippen MR) is 118 cm³/mol. The number of amides is 2. The average molecular weight is 426 g/mol. The third-order valence-corrected chi connectivity index (χ3v) is 5.17. The molecule has 0 unspecified atom stereocenters. The lowest BCUT2D eigenvalue weighted by atomic mass is 10.2.